The molecule has 1 aromatic rings. The van der Waals surface area contributed by atoms with Crippen molar-refractivity contribution in [2.45, 2.75) is 57.8 Å². The number of rotatable bonds is 7. The Kier molecular flexibility index (Phi) is 5.43. The molecule has 0 bridgehead atoms. The molecule has 19 heavy (non-hydrogen) atoms. The van der Waals surface area contributed by atoms with Gasteiger partial charge in [-0.2, -0.15) is 0 Å². The van der Waals surface area contributed by atoms with Crippen molar-refractivity contribution >= 4 is 17.7 Å². The molecule has 1 unspecified atom stereocenters. The monoisotopic (exact) mass is 286 g/mol. The highest BCUT2D eigenvalue weighted by molar-refractivity contribution is 7.99. The zero-order chi connectivity index (χ0) is 14.6. The first-order valence-corrected chi connectivity index (χ1v) is 7.31. The van der Waals surface area contributed by atoms with Crippen LogP contribution in [0.2, 0.25) is 0 Å². The molecule has 0 saturated heterocycles. The molecule has 108 valence electrons. The minimum absolute atomic E-state index is 0.123. The predicted octanol–water partition coefficient (Wildman–Crippen LogP) is 2.61. The third-order valence-electron chi connectivity index (χ3n) is 2.92. The molecule has 0 radical (unpaired) electrons. The van der Waals surface area contributed by atoms with E-state index in [0.717, 1.165) is 11.5 Å². The van der Waals surface area contributed by atoms with Gasteiger partial charge in [0.15, 0.2) is 0 Å². The van der Waals surface area contributed by atoms with Gasteiger partial charge in [-0.1, -0.05) is 11.8 Å². The smallest absolute Gasteiger partial charge is 0.323 e. The molecule has 1 rings (SSSR count). The third kappa shape index (κ3) is 4.54. The van der Waals surface area contributed by atoms with Crippen molar-refractivity contribution in [2.75, 3.05) is 5.75 Å². The average molecular weight is 286 g/mol. The number of aryl methyl sites for hydroxylation is 2. The van der Waals surface area contributed by atoms with E-state index < -0.39 is 11.5 Å². The largest absolute Gasteiger partial charge is 0.480 e. The van der Waals surface area contributed by atoms with Gasteiger partial charge in [-0.3, -0.25) is 10.1 Å². The van der Waals surface area contributed by atoms with E-state index in [1.54, 1.807) is 6.92 Å². The van der Waals surface area contributed by atoms with E-state index in [1.165, 1.54) is 11.8 Å². The van der Waals surface area contributed by atoms with Gasteiger partial charge in [0.2, 0.25) is 0 Å². The minimum Gasteiger partial charge on any atom is -0.480 e. The van der Waals surface area contributed by atoms with E-state index in [4.69, 9.17) is 4.42 Å². The average Bonchev–Trinajstić information content (AvgIpc) is 2.57. The molecule has 0 aliphatic carbocycles. The van der Waals surface area contributed by atoms with Crippen LogP contribution in [0.5, 0.6) is 0 Å². The first-order valence-electron chi connectivity index (χ1n) is 6.32. The van der Waals surface area contributed by atoms with Gasteiger partial charge >= 0.3 is 5.97 Å². The van der Waals surface area contributed by atoms with Crippen LogP contribution >= 0.6 is 11.8 Å². The zero-order valence-corrected chi connectivity index (χ0v) is 12.9. The number of carboxylic acid groups (broad SMARTS) is 1. The lowest BCUT2D eigenvalue weighted by molar-refractivity contribution is -0.144. The number of aromatic nitrogens is 1. The Bertz CT molecular complexity index is 426. The van der Waals surface area contributed by atoms with Crippen LogP contribution in [0.4, 0.5) is 0 Å². The van der Waals surface area contributed by atoms with Crippen LogP contribution in [-0.2, 0) is 4.79 Å². The summed E-state index contributed by atoms with van der Waals surface area (Å²) in [5, 5.41) is 13.0. The summed E-state index contributed by atoms with van der Waals surface area (Å²) in [6.45, 7) is 9.35. The predicted molar refractivity (Wildman–Crippen MR) is 75.6 cm³/mol. The molecule has 0 aliphatic heterocycles. The summed E-state index contributed by atoms with van der Waals surface area (Å²) in [4.78, 5) is 15.6. The van der Waals surface area contributed by atoms with Gasteiger partial charge in [0, 0.05) is 11.8 Å². The number of carboxylic acids is 1. The summed E-state index contributed by atoms with van der Waals surface area (Å²) in [5.74, 6) is 0.618. The highest BCUT2D eigenvalue weighted by Gasteiger charge is 2.33. The van der Waals surface area contributed by atoms with E-state index >= 15 is 0 Å². The standard InChI is InChI=1S/C13H22N2O3S/c1-8(2)15-13(5,11(16)17)6-7-19-12-14-9(3)10(4)18-12/h8,15H,6-7H2,1-5H3,(H,16,17). The van der Waals surface area contributed by atoms with E-state index in [9.17, 15) is 9.90 Å². The fourth-order valence-corrected chi connectivity index (χ4v) is 2.80. The number of thioether (sulfide) groups is 1. The molecule has 2 N–H and O–H groups in total. The Labute approximate surface area is 118 Å². The number of carbonyl (C=O) groups is 1. The lowest BCUT2D eigenvalue weighted by Gasteiger charge is -2.28. The van der Waals surface area contributed by atoms with Crippen molar-refractivity contribution in [3.8, 4) is 0 Å². The van der Waals surface area contributed by atoms with Crippen molar-refractivity contribution in [1.29, 1.82) is 0 Å². The van der Waals surface area contributed by atoms with E-state index in [1.807, 2.05) is 27.7 Å². The summed E-state index contributed by atoms with van der Waals surface area (Å²) in [5.41, 5.74) is -0.0403. The molecule has 0 aromatic carbocycles. The maximum atomic E-state index is 11.3. The molecule has 0 saturated carbocycles. The van der Waals surface area contributed by atoms with Crippen molar-refractivity contribution < 1.29 is 14.3 Å². The van der Waals surface area contributed by atoms with Gasteiger partial charge in [0.1, 0.15) is 11.3 Å². The summed E-state index contributed by atoms with van der Waals surface area (Å²) in [6.07, 6.45) is 0.506. The highest BCUT2D eigenvalue weighted by Crippen LogP contribution is 2.23. The van der Waals surface area contributed by atoms with Crippen molar-refractivity contribution in [3.05, 3.63) is 11.5 Å². The Morgan fingerprint density at radius 1 is 1.53 bits per heavy atom. The molecule has 6 heteroatoms. The number of oxazole rings is 1. The maximum absolute atomic E-state index is 11.3. The van der Waals surface area contributed by atoms with Gasteiger partial charge in [0.05, 0.1) is 5.69 Å². The number of hydrogen-bond donors (Lipinski definition) is 2. The molecule has 0 spiro atoms. The lowest BCUT2D eigenvalue weighted by atomic mass is 9.98. The summed E-state index contributed by atoms with van der Waals surface area (Å²) < 4.78 is 5.45. The Morgan fingerprint density at radius 3 is 2.58 bits per heavy atom. The molecule has 1 atom stereocenters. The van der Waals surface area contributed by atoms with E-state index in [2.05, 4.69) is 10.3 Å². The van der Waals surface area contributed by atoms with E-state index in [0.29, 0.717) is 17.4 Å². The fourth-order valence-electron chi connectivity index (χ4n) is 1.73. The Morgan fingerprint density at radius 2 is 2.16 bits per heavy atom. The SMILES string of the molecule is Cc1nc(SCCC(C)(NC(C)C)C(=O)O)oc1C. The first kappa shape index (κ1) is 16.0. The van der Waals surface area contributed by atoms with Crippen LogP contribution in [0.25, 0.3) is 0 Å². The van der Waals surface area contributed by atoms with Crippen LogP contribution in [-0.4, -0.2) is 33.4 Å². The molecule has 0 amide bonds. The molecular formula is C13H22N2O3S. The topological polar surface area (TPSA) is 75.4 Å². The molecule has 1 heterocycles. The molecule has 1 aromatic heterocycles. The van der Waals surface area contributed by atoms with Crippen molar-refractivity contribution in [2.24, 2.45) is 0 Å². The molecule has 5 nitrogen and oxygen atoms in total. The van der Waals surface area contributed by atoms with Crippen molar-refractivity contribution in [1.82, 2.24) is 10.3 Å². The second-order valence-electron chi connectivity index (χ2n) is 5.16. The van der Waals surface area contributed by atoms with Gasteiger partial charge in [0.25, 0.3) is 5.22 Å². The molecule has 0 aliphatic rings. The summed E-state index contributed by atoms with van der Waals surface area (Å²) in [6, 6.07) is 0.123. The Hall–Kier alpha value is -1.01. The van der Waals surface area contributed by atoms with Gasteiger partial charge < -0.3 is 9.52 Å². The number of nitrogens with zero attached hydrogens (tertiary/aromatic N) is 1. The minimum atomic E-state index is -0.919. The number of hydrogen-bond acceptors (Lipinski definition) is 5. The van der Waals surface area contributed by atoms with Gasteiger partial charge in [-0.25, -0.2) is 4.98 Å². The van der Waals surface area contributed by atoms with Crippen LogP contribution in [0, 0.1) is 13.8 Å². The number of nitrogens with one attached hydrogen (secondary N) is 1. The van der Waals surface area contributed by atoms with Gasteiger partial charge in [-0.05, 0) is 41.0 Å². The van der Waals surface area contributed by atoms with Crippen molar-refractivity contribution in [3.63, 3.8) is 0 Å². The fraction of sp³-hybridized carbons (Fsp3) is 0.692. The van der Waals surface area contributed by atoms with Crippen LogP contribution in [0.1, 0.15) is 38.6 Å². The normalized spacial score (nSPS) is 14.6. The lowest BCUT2D eigenvalue weighted by Crippen LogP contribution is -2.52. The van der Waals surface area contributed by atoms with Crippen LogP contribution in [0.15, 0.2) is 9.64 Å². The zero-order valence-electron chi connectivity index (χ0n) is 12.1. The second kappa shape index (κ2) is 6.43. The van der Waals surface area contributed by atoms with Crippen LogP contribution < -0.4 is 5.32 Å². The summed E-state index contributed by atoms with van der Waals surface area (Å²) in [7, 11) is 0. The quantitative estimate of drug-likeness (QED) is 0.750. The third-order valence-corrected chi connectivity index (χ3v) is 3.75. The van der Waals surface area contributed by atoms with E-state index in [-0.39, 0.29) is 6.04 Å². The molecule has 0 fully saturated rings. The highest BCUT2D eigenvalue weighted by atomic mass is 32.2. The maximum Gasteiger partial charge on any atom is 0.323 e. The summed E-state index contributed by atoms with van der Waals surface area (Å²) >= 11 is 1.45. The molecular weight excluding hydrogens is 264 g/mol. The van der Waals surface area contributed by atoms with Crippen LogP contribution in [0.3, 0.4) is 0 Å². The van der Waals surface area contributed by atoms with Gasteiger partial charge in [-0.15, -0.1) is 0 Å². The first-order chi connectivity index (χ1) is 8.74. The Balaban J connectivity index is 2.55. The number of aliphatic carboxylic acids is 1. The second-order valence-corrected chi connectivity index (χ2v) is 6.20.